The molecule has 0 unspecified atom stereocenters. The smallest absolute Gasteiger partial charge is 0.218 e. The monoisotopic (exact) mass is 348 g/mol. The minimum absolute atomic E-state index is 0.0270. The van der Waals surface area contributed by atoms with E-state index in [1.54, 1.807) is 22.5 Å². The van der Waals surface area contributed by atoms with Gasteiger partial charge in [0, 0.05) is 19.1 Å². The highest BCUT2D eigenvalue weighted by Gasteiger charge is 2.28. The molecule has 0 spiro atoms. The van der Waals surface area contributed by atoms with Crippen LogP contribution in [0.2, 0.25) is 0 Å². The van der Waals surface area contributed by atoms with Crippen LogP contribution in [0.15, 0.2) is 54.6 Å². The molecule has 1 fully saturated rings. The first-order chi connectivity index (χ1) is 11.5. The molecule has 2 aromatic carbocycles. The fraction of sp³-hybridized carbons (Fsp3) is 0.333. The van der Waals surface area contributed by atoms with Crippen LogP contribution in [0.3, 0.4) is 0 Å². The van der Waals surface area contributed by atoms with Crippen molar-refractivity contribution in [3.05, 3.63) is 66.0 Å². The molecule has 4 nitrogen and oxygen atoms in total. The molecule has 0 radical (unpaired) electrons. The lowest BCUT2D eigenvalue weighted by Gasteiger charge is -2.32. The molecule has 1 N–H and O–H groups in total. The number of piperidine rings is 1. The third-order valence-electron chi connectivity index (χ3n) is 4.27. The molecular weight excluding hydrogens is 327 g/mol. The van der Waals surface area contributed by atoms with Gasteiger partial charge in [0.25, 0.3) is 0 Å². The van der Waals surface area contributed by atoms with Crippen molar-refractivity contribution >= 4 is 15.7 Å². The number of halogens is 1. The van der Waals surface area contributed by atoms with E-state index in [9.17, 15) is 12.8 Å². The quantitative estimate of drug-likeness (QED) is 0.902. The van der Waals surface area contributed by atoms with Gasteiger partial charge in [-0.2, -0.15) is 0 Å². The van der Waals surface area contributed by atoms with E-state index in [-0.39, 0.29) is 17.6 Å². The third kappa shape index (κ3) is 4.13. The zero-order valence-electron chi connectivity index (χ0n) is 13.4. The van der Waals surface area contributed by atoms with Crippen molar-refractivity contribution in [2.24, 2.45) is 0 Å². The Bertz CT molecular complexity index is 773. The van der Waals surface area contributed by atoms with Crippen LogP contribution < -0.4 is 5.32 Å². The average Bonchev–Trinajstić information content (AvgIpc) is 2.58. The zero-order chi connectivity index (χ0) is 17.0. The van der Waals surface area contributed by atoms with E-state index in [2.05, 4.69) is 5.32 Å². The zero-order valence-corrected chi connectivity index (χ0v) is 14.2. The SMILES string of the molecule is O=S(=O)(Cc1ccccc1)N1CCC(Nc2ccccc2F)CC1. The van der Waals surface area contributed by atoms with Crippen LogP contribution in [0, 0.1) is 5.82 Å². The largest absolute Gasteiger partial charge is 0.380 e. The highest BCUT2D eigenvalue weighted by molar-refractivity contribution is 7.88. The second-order valence-corrected chi connectivity index (χ2v) is 8.01. The Morgan fingerprint density at radius 3 is 2.29 bits per heavy atom. The summed E-state index contributed by atoms with van der Waals surface area (Å²) in [4.78, 5) is 0. The van der Waals surface area contributed by atoms with Crippen LogP contribution in [0.1, 0.15) is 18.4 Å². The van der Waals surface area contributed by atoms with E-state index in [0.29, 0.717) is 31.6 Å². The number of hydrogen-bond acceptors (Lipinski definition) is 3. The molecule has 3 rings (SSSR count). The normalized spacial score (nSPS) is 16.9. The number of nitrogens with zero attached hydrogens (tertiary/aromatic N) is 1. The van der Waals surface area contributed by atoms with Gasteiger partial charge in [-0.05, 0) is 30.5 Å². The predicted octanol–water partition coefficient (Wildman–Crippen LogP) is 3.23. The first-order valence-electron chi connectivity index (χ1n) is 8.07. The van der Waals surface area contributed by atoms with Gasteiger partial charge in [0.2, 0.25) is 10.0 Å². The van der Waals surface area contributed by atoms with Gasteiger partial charge < -0.3 is 5.32 Å². The molecule has 24 heavy (non-hydrogen) atoms. The summed E-state index contributed by atoms with van der Waals surface area (Å²) in [5.74, 6) is -0.254. The number of anilines is 1. The van der Waals surface area contributed by atoms with Crippen molar-refractivity contribution in [2.75, 3.05) is 18.4 Å². The standard InChI is InChI=1S/C18H21FN2O2S/c19-17-8-4-5-9-18(17)20-16-10-12-21(13-11-16)24(22,23)14-15-6-2-1-3-7-15/h1-9,16,20H,10-14H2. The topological polar surface area (TPSA) is 49.4 Å². The highest BCUT2D eigenvalue weighted by Crippen LogP contribution is 2.22. The molecule has 0 saturated carbocycles. The Balaban J connectivity index is 1.57. The molecule has 0 bridgehead atoms. The maximum atomic E-state index is 13.7. The van der Waals surface area contributed by atoms with Crippen LogP contribution >= 0.6 is 0 Å². The minimum Gasteiger partial charge on any atom is -0.380 e. The molecular formula is C18H21FN2O2S. The Labute approximate surface area is 142 Å². The summed E-state index contributed by atoms with van der Waals surface area (Å²) in [6, 6.07) is 15.8. The molecule has 1 aliphatic heterocycles. The Kier molecular flexibility index (Phi) is 5.16. The fourth-order valence-corrected chi connectivity index (χ4v) is 4.52. The minimum atomic E-state index is -3.31. The van der Waals surface area contributed by atoms with E-state index < -0.39 is 10.0 Å². The van der Waals surface area contributed by atoms with Crippen LogP contribution in [0.4, 0.5) is 10.1 Å². The van der Waals surface area contributed by atoms with Gasteiger partial charge in [-0.3, -0.25) is 0 Å². The van der Waals surface area contributed by atoms with E-state index in [1.807, 2.05) is 30.3 Å². The van der Waals surface area contributed by atoms with Gasteiger partial charge in [0.1, 0.15) is 5.82 Å². The summed E-state index contributed by atoms with van der Waals surface area (Å²) in [7, 11) is -3.31. The second kappa shape index (κ2) is 7.32. The van der Waals surface area contributed by atoms with Crippen LogP contribution in [0.25, 0.3) is 0 Å². The summed E-state index contributed by atoms with van der Waals surface area (Å²) in [5, 5.41) is 3.17. The van der Waals surface area contributed by atoms with Gasteiger partial charge in [-0.15, -0.1) is 0 Å². The Morgan fingerprint density at radius 1 is 1.00 bits per heavy atom. The highest BCUT2D eigenvalue weighted by atomic mass is 32.2. The summed E-state index contributed by atoms with van der Waals surface area (Å²) in [6.07, 6.45) is 1.34. The molecule has 0 amide bonds. The number of benzene rings is 2. The Morgan fingerprint density at radius 2 is 1.62 bits per heavy atom. The summed E-state index contributed by atoms with van der Waals surface area (Å²) >= 11 is 0. The average molecular weight is 348 g/mol. The first-order valence-corrected chi connectivity index (χ1v) is 9.68. The summed E-state index contributed by atoms with van der Waals surface area (Å²) < 4.78 is 40.3. The van der Waals surface area contributed by atoms with Gasteiger partial charge in [-0.25, -0.2) is 17.1 Å². The summed E-state index contributed by atoms with van der Waals surface area (Å²) in [6.45, 7) is 0.919. The number of rotatable bonds is 5. The Hall–Kier alpha value is -1.92. The van der Waals surface area contributed by atoms with Crippen molar-refractivity contribution < 1.29 is 12.8 Å². The lowest BCUT2D eigenvalue weighted by molar-refractivity contribution is 0.329. The van der Waals surface area contributed by atoms with Crippen molar-refractivity contribution in [1.82, 2.24) is 4.31 Å². The van der Waals surface area contributed by atoms with Crippen LogP contribution in [0.5, 0.6) is 0 Å². The fourth-order valence-electron chi connectivity index (χ4n) is 2.95. The first kappa shape index (κ1) is 16.9. The van der Waals surface area contributed by atoms with Crippen molar-refractivity contribution in [3.63, 3.8) is 0 Å². The van der Waals surface area contributed by atoms with Gasteiger partial charge in [-0.1, -0.05) is 42.5 Å². The van der Waals surface area contributed by atoms with E-state index in [0.717, 1.165) is 5.56 Å². The van der Waals surface area contributed by atoms with Crippen molar-refractivity contribution in [3.8, 4) is 0 Å². The van der Waals surface area contributed by atoms with E-state index in [4.69, 9.17) is 0 Å². The third-order valence-corrected chi connectivity index (χ3v) is 6.12. The summed E-state index contributed by atoms with van der Waals surface area (Å²) in [5.41, 5.74) is 1.27. The lowest BCUT2D eigenvalue weighted by Crippen LogP contribution is -2.42. The van der Waals surface area contributed by atoms with E-state index in [1.165, 1.54) is 6.07 Å². The van der Waals surface area contributed by atoms with Crippen molar-refractivity contribution in [1.29, 1.82) is 0 Å². The molecule has 2 aromatic rings. The lowest BCUT2D eigenvalue weighted by atomic mass is 10.1. The van der Waals surface area contributed by atoms with Gasteiger partial charge in [0.15, 0.2) is 0 Å². The predicted molar refractivity (Wildman–Crippen MR) is 93.7 cm³/mol. The molecule has 6 heteroatoms. The number of para-hydroxylation sites is 1. The maximum absolute atomic E-state index is 13.7. The van der Waals surface area contributed by atoms with Gasteiger partial charge in [0.05, 0.1) is 11.4 Å². The molecule has 1 saturated heterocycles. The second-order valence-electron chi connectivity index (χ2n) is 6.04. The molecule has 1 aliphatic rings. The number of sulfonamides is 1. The molecule has 1 heterocycles. The number of nitrogens with one attached hydrogen (secondary N) is 1. The molecule has 128 valence electrons. The maximum Gasteiger partial charge on any atom is 0.218 e. The molecule has 0 atom stereocenters. The van der Waals surface area contributed by atoms with Crippen LogP contribution in [-0.4, -0.2) is 31.9 Å². The number of hydrogen-bond donors (Lipinski definition) is 1. The van der Waals surface area contributed by atoms with E-state index >= 15 is 0 Å². The molecule has 0 aliphatic carbocycles. The van der Waals surface area contributed by atoms with Gasteiger partial charge >= 0.3 is 0 Å². The van der Waals surface area contributed by atoms with Crippen molar-refractivity contribution in [2.45, 2.75) is 24.6 Å². The molecule has 0 aromatic heterocycles. The van der Waals surface area contributed by atoms with Crippen LogP contribution in [-0.2, 0) is 15.8 Å².